The highest BCUT2D eigenvalue weighted by Crippen LogP contribution is 2.28. The van der Waals surface area contributed by atoms with Crippen molar-refractivity contribution in [1.29, 1.82) is 0 Å². The number of carbonyl (C=O) groups excluding carboxylic acids is 3. The summed E-state index contributed by atoms with van der Waals surface area (Å²) >= 11 is 0. The first-order valence-corrected chi connectivity index (χ1v) is 10.0. The highest BCUT2D eigenvalue weighted by Gasteiger charge is 2.20. The Morgan fingerprint density at radius 1 is 1.06 bits per heavy atom. The van der Waals surface area contributed by atoms with Crippen LogP contribution < -0.4 is 15.2 Å². The Morgan fingerprint density at radius 3 is 2.41 bits per heavy atom. The van der Waals surface area contributed by atoms with Gasteiger partial charge in [-0.2, -0.15) is 0 Å². The van der Waals surface area contributed by atoms with Crippen LogP contribution >= 0.6 is 0 Å². The van der Waals surface area contributed by atoms with Crippen molar-refractivity contribution >= 4 is 23.9 Å². The first-order chi connectivity index (χ1) is 15.3. The molecule has 2 aromatic rings. The minimum atomic E-state index is -0.596. The van der Waals surface area contributed by atoms with Crippen LogP contribution in [0, 0.1) is 5.92 Å². The van der Waals surface area contributed by atoms with Crippen LogP contribution in [0.3, 0.4) is 0 Å². The molecule has 1 unspecified atom stereocenters. The molecule has 0 aromatic heterocycles. The molecule has 0 aliphatic heterocycles. The van der Waals surface area contributed by atoms with E-state index in [2.05, 4.69) is 0 Å². The van der Waals surface area contributed by atoms with E-state index in [1.165, 1.54) is 20.3 Å². The van der Waals surface area contributed by atoms with Crippen molar-refractivity contribution in [3.8, 4) is 11.5 Å². The van der Waals surface area contributed by atoms with E-state index in [4.69, 9.17) is 19.9 Å². The molecule has 2 N–H and O–H groups in total. The highest BCUT2D eigenvalue weighted by atomic mass is 16.5. The largest absolute Gasteiger partial charge is 0.493 e. The Bertz CT molecular complexity index is 958. The second-order valence-corrected chi connectivity index (χ2v) is 7.13. The fourth-order valence-corrected chi connectivity index (χ4v) is 2.97. The monoisotopic (exact) mass is 440 g/mol. The van der Waals surface area contributed by atoms with Gasteiger partial charge in [0.25, 0.3) is 5.91 Å². The Morgan fingerprint density at radius 2 is 1.78 bits per heavy atom. The van der Waals surface area contributed by atoms with Crippen molar-refractivity contribution in [2.24, 2.45) is 11.7 Å². The fourth-order valence-electron chi connectivity index (χ4n) is 2.97. The molecular formula is C24H28N2O6. The lowest BCUT2D eigenvalue weighted by Crippen LogP contribution is -2.35. The first-order valence-electron chi connectivity index (χ1n) is 10.0. The van der Waals surface area contributed by atoms with Gasteiger partial charge in [0.1, 0.15) is 0 Å². The van der Waals surface area contributed by atoms with E-state index in [0.717, 1.165) is 5.56 Å². The van der Waals surface area contributed by atoms with Crippen LogP contribution in [-0.4, -0.2) is 50.1 Å². The summed E-state index contributed by atoms with van der Waals surface area (Å²) in [6.07, 6.45) is 3.08. The predicted octanol–water partition coefficient (Wildman–Crippen LogP) is 2.41. The maximum atomic E-state index is 12.9. The third-order valence-electron chi connectivity index (χ3n) is 4.60. The molecule has 0 aliphatic rings. The van der Waals surface area contributed by atoms with E-state index >= 15 is 0 Å². The van der Waals surface area contributed by atoms with Gasteiger partial charge in [-0.3, -0.25) is 14.4 Å². The number of nitrogens with two attached hydrogens (primary N) is 1. The summed E-state index contributed by atoms with van der Waals surface area (Å²) < 4.78 is 15.4. The summed E-state index contributed by atoms with van der Waals surface area (Å²) in [6, 6.07) is 14.6. The van der Waals surface area contributed by atoms with Crippen LogP contribution in [0.2, 0.25) is 0 Å². The number of rotatable bonds is 11. The lowest BCUT2D eigenvalue weighted by atomic mass is 10.1. The molecule has 0 radical (unpaired) electrons. The second kappa shape index (κ2) is 12.1. The molecule has 8 nitrogen and oxygen atoms in total. The van der Waals surface area contributed by atoms with Crippen LogP contribution in [-0.2, 0) is 25.7 Å². The van der Waals surface area contributed by atoms with Crippen LogP contribution in [0.15, 0.2) is 54.6 Å². The molecule has 0 bridgehead atoms. The molecule has 2 amide bonds. The third kappa shape index (κ3) is 7.46. The number of hydrogen-bond donors (Lipinski definition) is 1. The fraction of sp³-hybridized carbons (Fsp3) is 0.292. The summed E-state index contributed by atoms with van der Waals surface area (Å²) in [5.41, 5.74) is 6.75. The lowest BCUT2D eigenvalue weighted by molar-refractivity contribution is -0.146. The van der Waals surface area contributed by atoms with Gasteiger partial charge in [0, 0.05) is 19.2 Å². The molecular weight excluding hydrogens is 412 g/mol. The van der Waals surface area contributed by atoms with Gasteiger partial charge < -0.3 is 24.8 Å². The molecule has 0 heterocycles. The van der Waals surface area contributed by atoms with Gasteiger partial charge >= 0.3 is 5.97 Å². The first kappa shape index (κ1) is 24.5. The van der Waals surface area contributed by atoms with Gasteiger partial charge in [0.15, 0.2) is 18.1 Å². The summed E-state index contributed by atoms with van der Waals surface area (Å²) in [4.78, 5) is 37.3. The Kier molecular flexibility index (Phi) is 9.28. The average Bonchev–Trinajstić information content (AvgIpc) is 2.80. The topological polar surface area (TPSA) is 108 Å². The maximum absolute atomic E-state index is 12.9. The number of methoxy groups -OCH3 is 2. The number of amides is 2. The molecule has 2 rings (SSSR count). The summed E-state index contributed by atoms with van der Waals surface area (Å²) in [5, 5.41) is 0. The van der Waals surface area contributed by atoms with E-state index in [1.807, 2.05) is 30.3 Å². The molecule has 0 saturated heterocycles. The molecule has 2 aromatic carbocycles. The summed E-state index contributed by atoms with van der Waals surface area (Å²) in [5.74, 6) is -0.924. The van der Waals surface area contributed by atoms with Crippen molar-refractivity contribution in [3.63, 3.8) is 0 Å². The van der Waals surface area contributed by atoms with E-state index in [-0.39, 0.29) is 25.0 Å². The zero-order valence-electron chi connectivity index (χ0n) is 18.4. The van der Waals surface area contributed by atoms with Crippen LogP contribution in [0.5, 0.6) is 11.5 Å². The van der Waals surface area contributed by atoms with Crippen LogP contribution in [0.25, 0.3) is 6.08 Å². The predicted molar refractivity (Wildman–Crippen MR) is 120 cm³/mol. The zero-order valence-corrected chi connectivity index (χ0v) is 18.4. The normalized spacial score (nSPS) is 11.6. The smallest absolute Gasteiger partial charge is 0.310 e. The molecule has 32 heavy (non-hydrogen) atoms. The van der Waals surface area contributed by atoms with Crippen molar-refractivity contribution in [2.45, 2.75) is 13.5 Å². The standard InChI is InChI=1S/C24H28N2O6/c1-17(24(29)31-3)14-26(15-19-7-5-4-6-8-19)23(28)12-10-18-9-11-20(21(13-18)30-2)32-16-22(25)27/h4-13,17H,14-16H2,1-3H3,(H2,25,27)/b12-10+. The molecule has 8 heteroatoms. The van der Waals surface area contributed by atoms with Gasteiger partial charge in [0.05, 0.1) is 20.1 Å². The molecule has 0 saturated carbocycles. The Hall–Kier alpha value is -3.81. The number of primary amides is 1. The van der Waals surface area contributed by atoms with Crippen molar-refractivity contribution in [3.05, 3.63) is 65.7 Å². The van der Waals surface area contributed by atoms with Gasteiger partial charge in [-0.05, 0) is 29.3 Å². The quantitative estimate of drug-likeness (QED) is 0.425. The van der Waals surface area contributed by atoms with E-state index in [0.29, 0.717) is 23.6 Å². The summed E-state index contributed by atoms with van der Waals surface area (Å²) in [7, 11) is 2.80. The van der Waals surface area contributed by atoms with E-state index in [9.17, 15) is 14.4 Å². The van der Waals surface area contributed by atoms with Gasteiger partial charge in [-0.1, -0.05) is 43.3 Å². The van der Waals surface area contributed by atoms with Gasteiger partial charge in [-0.15, -0.1) is 0 Å². The molecule has 0 aliphatic carbocycles. The van der Waals surface area contributed by atoms with Gasteiger partial charge in [0.2, 0.25) is 5.91 Å². The third-order valence-corrected chi connectivity index (χ3v) is 4.60. The number of hydrogen-bond acceptors (Lipinski definition) is 6. The Labute approximate surface area is 187 Å². The van der Waals surface area contributed by atoms with Gasteiger partial charge in [-0.25, -0.2) is 0 Å². The SMILES string of the molecule is COC(=O)C(C)CN(Cc1ccccc1)C(=O)/C=C/c1ccc(OCC(N)=O)c(OC)c1. The van der Waals surface area contributed by atoms with Crippen molar-refractivity contribution in [1.82, 2.24) is 4.90 Å². The number of ether oxygens (including phenoxy) is 3. The van der Waals surface area contributed by atoms with Crippen LogP contribution in [0.1, 0.15) is 18.1 Å². The van der Waals surface area contributed by atoms with Crippen molar-refractivity contribution < 1.29 is 28.6 Å². The summed E-state index contributed by atoms with van der Waals surface area (Å²) in [6.45, 7) is 2.02. The minimum Gasteiger partial charge on any atom is -0.493 e. The molecule has 170 valence electrons. The zero-order chi connectivity index (χ0) is 23.5. The highest BCUT2D eigenvalue weighted by molar-refractivity contribution is 5.92. The maximum Gasteiger partial charge on any atom is 0.310 e. The number of benzene rings is 2. The number of carbonyl (C=O) groups is 3. The molecule has 1 atom stereocenters. The van der Waals surface area contributed by atoms with Crippen LogP contribution in [0.4, 0.5) is 0 Å². The second-order valence-electron chi connectivity index (χ2n) is 7.13. The number of esters is 1. The van der Waals surface area contributed by atoms with Crippen molar-refractivity contribution in [2.75, 3.05) is 27.4 Å². The number of nitrogens with zero attached hydrogens (tertiary/aromatic N) is 1. The Balaban J connectivity index is 2.17. The van der Waals surface area contributed by atoms with E-state index in [1.54, 1.807) is 36.1 Å². The van der Waals surface area contributed by atoms with E-state index < -0.39 is 11.8 Å². The molecule has 0 fully saturated rings. The minimum absolute atomic E-state index is 0.216. The average molecular weight is 440 g/mol. The molecule has 0 spiro atoms. The lowest BCUT2D eigenvalue weighted by Gasteiger charge is -2.24.